The molecule has 2 nitrogen and oxygen atoms in total. The Kier molecular flexibility index (Phi) is 4.59. The Labute approximate surface area is 171 Å². The summed E-state index contributed by atoms with van der Waals surface area (Å²) >= 11 is 16.1. The minimum Gasteiger partial charge on any atom is -0.223 e. The molecule has 4 rings (SSSR count). The molecule has 2 atom stereocenters. The molecule has 3 aromatic carbocycles. The van der Waals surface area contributed by atoms with Crippen LogP contribution in [0.15, 0.2) is 76.1 Å². The van der Waals surface area contributed by atoms with Gasteiger partial charge in [-0.1, -0.05) is 70.5 Å². The van der Waals surface area contributed by atoms with Gasteiger partial charge in [0.2, 0.25) is 0 Å². The molecule has 0 heterocycles. The highest BCUT2D eigenvalue weighted by Crippen LogP contribution is 2.61. The minimum atomic E-state index is -3.70. The third-order valence-corrected chi connectivity index (χ3v) is 8.64. The number of benzene rings is 3. The predicted octanol–water partition coefficient (Wildman–Crippen LogP) is 6.31. The molecule has 0 amide bonds. The maximum atomic E-state index is 13.7. The van der Waals surface area contributed by atoms with Crippen LogP contribution in [-0.2, 0) is 9.84 Å². The Morgan fingerprint density at radius 3 is 2.12 bits per heavy atom. The second-order valence-corrected chi connectivity index (χ2v) is 11.0. The van der Waals surface area contributed by atoms with Gasteiger partial charge < -0.3 is 0 Å². The lowest BCUT2D eigenvalue weighted by molar-refractivity contribution is 0.571. The summed E-state index contributed by atoms with van der Waals surface area (Å²) in [5.74, 6) is -0.333. The van der Waals surface area contributed by atoms with E-state index < -0.39 is 19.4 Å². The molecule has 1 saturated carbocycles. The second-order valence-electron chi connectivity index (χ2n) is 6.54. The van der Waals surface area contributed by atoms with Crippen molar-refractivity contribution in [2.24, 2.45) is 5.92 Å². The van der Waals surface area contributed by atoms with E-state index in [9.17, 15) is 8.42 Å². The van der Waals surface area contributed by atoms with Gasteiger partial charge in [0.1, 0.15) is 4.33 Å². The highest BCUT2D eigenvalue weighted by atomic mass is 79.9. The maximum absolute atomic E-state index is 13.7. The number of hydrogen-bond donors (Lipinski definition) is 0. The van der Waals surface area contributed by atoms with Crippen molar-refractivity contribution in [3.63, 3.8) is 0 Å². The molecule has 134 valence electrons. The van der Waals surface area contributed by atoms with Crippen LogP contribution < -0.4 is 0 Å². The molecule has 0 bridgehead atoms. The maximum Gasteiger partial charge on any atom is 0.186 e. The van der Waals surface area contributed by atoms with Gasteiger partial charge >= 0.3 is 0 Å². The molecule has 0 aliphatic heterocycles. The molecular formula is C20H15BrCl2O2S. The van der Waals surface area contributed by atoms with Crippen molar-refractivity contribution in [2.45, 2.75) is 20.9 Å². The zero-order valence-corrected chi connectivity index (χ0v) is 17.5. The zero-order chi connectivity index (χ0) is 18.5. The topological polar surface area (TPSA) is 34.1 Å². The highest BCUT2D eigenvalue weighted by Gasteiger charge is 2.59. The molecule has 1 fully saturated rings. The van der Waals surface area contributed by atoms with E-state index in [0.717, 1.165) is 9.86 Å². The first-order valence-corrected chi connectivity index (χ1v) is 11.3. The molecule has 2 unspecified atom stereocenters. The molecule has 6 heteroatoms. The summed E-state index contributed by atoms with van der Waals surface area (Å²) in [6, 6.07) is 20.1. The van der Waals surface area contributed by atoms with Gasteiger partial charge in [0.15, 0.2) is 9.84 Å². The van der Waals surface area contributed by atoms with Crippen molar-refractivity contribution in [2.75, 3.05) is 0 Å². The average molecular weight is 470 g/mol. The summed E-state index contributed by atoms with van der Waals surface area (Å²) in [6.07, 6.45) is 0.462. The molecular weight excluding hydrogens is 455 g/mol. The lowest BCUT2D eigenvalue weighted by Gasteiger charge is -2.20. The van der Waals surface area contributed by atoms with E-state index in [1.165, 1.54) is 0 Å². The number of halogens is 3. The van der Waals surface area contributed by atoms with Crippen LogP contribution in [0.5, 0.6) is 0 Å². The Bertz CT molecular complexity index is 1080. The fourth-order valence-electron chi connectivity index (χ4n) is 3.45. The second kappa shape index (κ2) is 6.52. The number of fused-ring (bicyclic) bond motifs is 1. The van der Waals surface area contributed by atoms with Crippen molar-refractivity contribution in [1.82, 2.24) is 0 Å². The van der Waals surface area contributed by atoms with E-state index in [1.807, 2.05) is 54.6 Å². The standard InChI is InChI=1S/C20H15BrCl2O2S/c21-17-10-11-18(15-9-5-4-8-14(15)17)26(24,25)19(16-12-20(16,22)23)13-6-2-1-3-7-13/h1-11,16,19H,12H2. The van der Waals surface area contributed by atoms with Crippen molar-refractivity contribution >= 4 is 59.7 Å². The highest BCUT2D eigenvalue weighted by molar-refractivity contribution is 9.10. The van der Waals surface area contributed by atoms with Gasteiger partial charge in [0.05, 0.1) is 10.1 Å². The molecule has 0 aromatic heterocycles. The molecule has 0 N–H and O–H groups in total. The molecule has 0 radical (unpaired) electrons. The van der Waals surface area contributed by atoms with Crippen molar-refractivity contribution in [1.29, 1.82) is 0 Å². The smallest absolute Gasteiger partial charge is 0.186 e. The minimum absolute atomic E-state index is 0.307. The number of rotatable bonds is 4. The summed E-state index contributed by atoms with van der Waals surface area (Å²) in [7, 11) is -3.70. The molecule has 1 aliphatic rings. The van der Waals surface area contributed by atoms with Crippen LogP contribution in [0.25, 0.3) is 10.8 Å². The summed E-state index contributed by atoms with van der Waals surface area (Å²) in [5, 5.41) is 0.778. The van der Waals surface area contributed by atoms with E-state index in [1.54, 1.807) is 12.1 Å². The van der Waals surface area contributed by atoms with Crippen LogP contribution in [0.4, 0.5) is 0 Å². The SMILES string of the molecule is O=S(=O)(c1ccc(Br)c2ccccc12)C(c1ccccc1)C1CC1(Cl)Cl. The lowest BCUT2D eigenvalue weighted by Crippen LogP contribution is -2.18. The molecule has 0 saturated heterocycles. The molecule has 26 heavy (non-hydrogen) atoms. The van der Waals surface area contributed by atoms with Crippen molar-refractivity contribution in [3.8, 4) is 0 Å². The Hall–Kier alpha value is -1.07. The van der Waals surface area contributed by atoms with E-state index in [0.29, 0.717) is 22.3 Å². The van der Waals surface area contributed by atoms with E-state index in [-0.39, 0.29) is 5.92 Å². The number of hydrogen-bond acceptors (Lipinski definition) is 2. The van der Waals surface area contributed by atoms with E-state index in [2.05, 4.69) is 15.9 Å². The van der Waals surface area contributed by atoms with Crippen LogP contribution in [0.1, 0.15) is 17.2 Å². The molecule has 0 spiro atoms. The first-order valence-electron chi connectivity index (χ1n) is 8.16. The van der Waals surface area contributed by atoms with Gasteiger partial charge in [-0.2, -0.15) is 0 Å². The summed E-state index contributed by atoms with van der Waals surface area (Å²) in [6.45, 7) is 0. The first kappa shape index (κ1) is 18.3. The number of alkyl halides is 2. The summed E-state index contributed by atoms with van der Waals surface area (Å²) in [4.78, 5) is 0.307. The zero-order valence-electron chi connectivity index (χ0n) is 13.6. The Morgan fingerprint density at radius 2 is 1.50 bits per heavy atom. The quantitative estimate of drug-likeness (QED) is 0.419. The Balaban J connectivity index is 1.93. The van der Waals surface area contributed by atoms with Gasteiger partial charge in [-0.25, -0.2) is 8.42 Å². The third kappa shape index (κ3) is 3.07. The van der Waals surface area contributed by atoms with Gasteiger partial charge in [0.25, 0.3) is 0 Å². The fourth-order valence-corrected chi connectivity index (χ4v) is 6.96. The summed E-state index contributed by atoms with van der Waals surface area (Å²) in [5.41, 5.74) is 0.715. The van der Waals surface area contributed by atoms with Gasteiger partial charge in [-0.05, 0) is 29.5 Å². The lowest BCUT2D eigenvalue weighted by atomic mass is 10.1. The van der Waals surface area contributed by atoms with Crippen LogP contribution >= 0.6 is 39.1 Å². The van der Waals surface area contributed by atoms with E-state index >= 15 is 0 Å². The molecule has 1 aliphatic carbocycles. The Morgan fingerprint density at radius 1 is 0.923 bits per heavy atom. The normalized spacial score (nSPS) is 20.0. The first-order chi connectivity index (χ1) is 12.3. The van der Waals surface area contributed by atoms with Crippen LogP contribution in [0, 0.1) is 5.92 Å². The summed E-state index contributed by atoms with van der Waals surface area (Å²) < 4.78 is 27.2. The van der Waals surface area contributed by atoms with Gasteiger partial charge in [-0.3, -0.25) is 0 Å². The van der Waals surface area contributed by atoms with Crippen LogP contribution in [-0.4, -0.2) is 12.8 Å². The van der Waals surface area contributed by atoms with Crippen LogP contribution in [0.2, 0.25) is 0 Å². The van der Waals surface area contributed by atoms with Crippen molar-refractivity contribution < 1.29 is 8.42 Å². The van der Waals surface area contributed by atoms with E-state index in [4.69, 9.17) is 23.2 Å². The van der Waals surface area contributed by atoms with Gasteiger partial charge in [0, 0.05) is 15.8 Å². The fraction of sp³-hybridized carbons (Fsp3) is 0.200. The third-order valence-electron chi connectivity index (χ3n) is 4.84. The predicted molar refractivity (Wildman–Crippen MR) is 111 cm³/mol. The van der Waals surface area contributed by atoms with Gasteiger partial charge in [-0.15, -0.1) is 23.2 Å². The van der Waals surface area contributed by atoms with Crippen LogP contribution in [0.3, 0.4) is 0 Å². The average Bonchev–Trinajstić information content (AvgIpc) is 3.23. The van der Waals surface area contributed by atoms with Crippen molar-refractivity contribution in [3.05, 3.63) is 76.8 Å². The largest absolute Gasteiger partial charge is 0.223 e. The number of sulfone groups is 1. The monoisotopic (exact) mass is 468 g/mol. The molecule has 3 aromatic rings.